The number of rotatable bonds is 4. The maximum absolute atomic E-state index is 13.5. The molecule has 4 nitrogen and oxygen atoms in total. The van der Waals surface area contributed by atoms with E-state index in [2.05, 4.69) is 5.32 Å². The molecule has 0 aliphatic carbocycles. The van der Waals surface area contributed by atoms with Crippen molar-refractivity contribution in [2.75, 3.05) is 10.2 Å². The van der Waals surface area contributed by atoms with Crippen LogP contribution in [-0.2, 0) is 15.1 Å². The number of nitrogens with one attached hydrogen (secondary N) is 1. The van der Waals surface area contributed by atoms with E-state index in [1.54, 1.807) is 53.4 Å². The molecule has 0 radical (unpaired) electrons. The summed E-state index contributed by atoms with van der Waals surface area (Å²) in [5.74, 6) is -0.405. The molecule has 1 N–H and O–H groups in total. The number of anilines is 2. The van der Waals surface area contributed by atoms with E-state index in [0.717, 1.165) is 11.1 Å². The van der Waals surface area contributed by atoms with Gasteiger partial charge in [-0.05, 0) is 61.0 Å². The second-order valence-corrected chi connectivity index (χ2v) is 7.94. The van der Waals surface area contributed by atoms with Crippen LogP contribution < -0.4 is 10.2 Å². The first-order valence-electron chi connectivity index (χ1n) is 9.13. The van der Waals surface area contributed by atoms with Crippen LogP contribution in [0.25, 0.3) is 0 Å². The Morgan fingerprint density at radius 1 is 0.897 bits per heavy atom. The van der Waals surface area contributed by atoms with Gasteiger partial charge in [-0.2, -0.15) is 0 Å². The average molecular weight is 425 g/mol. The summed E-state index contributed by atoms with van der Waals surface area (Å²) in [5.41, 5.74) is 1.92. The van der Waals surface area contributed by atoms with E-state index >= 15 is 0 Å². The number of hydrogen-bond acceptors (Lipinski definition) is 2. The fourth-order valence-corrected chi connectivity index (χ4v) is 3.85. The van der Waals surface area contributed by atoms with Gasteiger partial charge in [-0.3, -0.25) is 14.5 Å². The Labute approximate surface area is 179 Å². The van der Waals surface area contributed by atoms with Gasteiger partial charge in [0.2, 0.25) is 5.91 Å². The minimum Gasteiger partial charge on any atom is -0.324 e. The lowest BCUT2D eigenvalue weighted by molar-refractivity contribution is -0.137. The van der Waals surface area contributed by atoms with Crippen LogP contribution in [0.1, 0.15) is 17.5 Å². The van der Waals surface area contributed by atoms with Gasteiger partial charge in [0.05, 0.1) is 6.42 Å². The minimum atomic E-state index is -1.14. The van der Waals surface area contributed by atoms with Crippen LogP contribution in [0.5, 0.6) is 0 Å². The predicted octanol–water partition coefficient (Wildman–Crippen LogP) is 5.57. The lowest BCUT2D eigenvalue weighted by Crippen LogP contribution is -2.67. The van der Waals surface area contributed by atoms with E-state index in [9.17, 15) is 9.59 Å². The number of nitrogens with zero attached hydrogens (tertiary/aromatic N) is 1. The van der Waals surface area contributed by atoms with Crippen molar-refractivity contribution in [2.45, 2.75) is 18.9 Å². The van der Waals surface area contributed by atoms with Gasteiger partial charge in [0.25, 0.3) is 5.91 Å². The number of halogens is 2. The van der Waals surface area contributed by atoms with Crippen LogP contribution >= 0.6 is 23.2 Å². The summed E-state index contributed by atoms with van der Waals surface area (Å²) in [6.45, 7) is 1.98. The van der Waals surface area contributed by atoms with Gasteiger partial charge in [-0.25, -0.2) is 0 Å². The highest BCUT2D eigenvalue weighted by Gasteiger charge is 2.58. The van der Waals surface area contributed by atoms with Crippen LogP contribution in [0.4, 0.5) is 11.4 Å². The Morgan fingerprint density at radius 2 is 1.45 bits per heavy atom. The van der Waals surface area contributed by atoms with Gasteiger partial charge in [0.15, 0.2) is 5.54 Å². The summed E-state index contributed by atoms with van der Waals surface area (Å²) in [7, 11) is 0. The fraction of sp³-hybridized carbons (Fsp3) is 0.130. The zero-order valence-corrected chi connectivity index (χ0v) is 17.2. The molecule has 1 atom stereocenters. The molecule has 0 bridgehead atoms. The molecule has 2 amide bonds. The topological polar surface area (TPSA) is 49.4 Å². The smallest absolute Gasteiger partial charge is 0.255 e. The van der Waals surface area contributed by atoms with Crippen molar-refractivity contribution >= 4 is 46.4 Å². The highest BCUT2D eigenvalue weighted by molar-refractivity contribution is 6.31. The van der Waals surface area contributed by atoms with E-state index < -0.39 is 5.54 Å². The zero-order valence-electron chi connectivity index (χ0n) is 15.7. The van der Waals surface area contributed by atoms with Crippen molar-refractivity contribution in [1.82, 2.24) is 0 Å². The Morgan fingerprint density at radius 3 is 2.00 bits per heavy atom. The van der Waals surface area contributed by atoms with E-state index in [1.807, 2.05) is 31.2 Å². The van der Waals surface area contributed by atoms with Crippen LogP contribution in [0.2, 0.25) is 10.0 Å². The lowest BCUT2D eigenvalue weighted by Gasteiger charge is -2.50. The molecule has 1 unspecified atom stereocenters. The molecule has 0 spiro atoms. The highest BCUT2D eigenvalue weighted by atomic mass is 35.5. The largest absolute Gasteiger partial charge is 0.324 e. The van der Waals surface area contributed by atoms with Crippen LogP contribution in [0, 0.1) is 6.92 Å². The number of hydrogen-bond donors (Lipinski definition) is 1. The molecule has 1 saturated heterocycles. The van der Waals surface area contributed by atoms with Crippen LogP contribution in [0.3, 0.4) is 0 Å². The molecule has 146 valence electrons. The molecule has 1 aliphatic rings. The van der Waals surface area contributed by atoms with E-state index in [1.165, 1.54) is 0 Å². The summed E-state index contributed by atoms with van der Waals surface area (Å²) in [6, 6.07) is 21.5. The Balaban J connectivity index is 1.78. The van der Waals surface area contributed by atoms with Gasteiger partial charge in [0, 0.05) is 21.4 Å². The molecular weight excluding hydrogens is 407 g/mol. The van der Waals surface area contributed by atoms with Crippen LogP contribution in [-0.4, -0.2) is 11.8 Å². The quantitative estimate of drug-likeness (QED) is 0.556. The molecule has 4 rings (SSSR count). The van der Waals surface area contributed by atoms with Crippen LogP contribution in [0.15, 0.2) is 72.8 Å². The van der Waals surface area contributed by atoms with Gasteiger partial charge >= 0.3 is 0 Å². The molecule has 1 heterocycles. The third-order valence-corrected chi connectivity index (χ3v) is 5.63. The summed E-state index contributed by atoms with van der Waals surface area (Å²) >= 11 is 12.0. The first kappa shape index (κ1) is 19.5. The fourth-order valence-electron chi connectivity index (χ4n) is 3.59. The first-order valence-corrected chi connectivity index (χ1v) is 9.88. The summed E-state index contributed by atoms with van der Waals surface area (Å²) in [5, 5.41) is 4.08. The SMILES string of the molecule is Cc1ccc(C2(C(=O)Nc3ccc(Cl)cc3)CC(=O)N2c2ccc(Cl)cc2)cc1. The number of benzene rings is 3. The van der Waals surface area contributed by atoms with Crippen molar-refractivity contribution in [3.8, 4) is 0 Å². The van der Waals surface area contributed by atoms with Crippen molar-refractivity contribution in [3.05, 3.63) is 94.0 Å². The number of amides is 2. The van der Waals surface area contributed by atoms with Gasteiger partial charge in [-0.1, -0.05) is 53.0 Å². The molecular formula is C23H18Cl2N2O2. The minimum absolute atomic E-state index is 0.0815. The normalized spacial score (nSPS) is 18.3. The monoisotopic (exact) mass is 424 g/mol. The van der Waals surface area contributed by atoms with Gasteiger partial charge in [-0.15, -0.1) is 0 Å². The third-order valence-electron chi connectivity index (χ3n) is 5.13. The van der Waals surface area contributed by atoms with Gasteiger partial charge < -0.3 is 5.32 Å². The number of β-lactam (4-membered cyclic amide) rings is 1. The lowest BCUT2D eigenvalue weighted by atomic mass is 9.75. The third kappa shape index (κ3) is 3.50. The van der Waals surface area contributed by atoms with Gasteiger partial charge in [0.1, 0.15) is 0 Å². The molecule has 29 heavy (non-hydrogen) atoms. The summed E-state index contributed by atoms with van der Waals surface area (Å²) in [4.78, 5) is 27.7. The molecule has 0 saturated carbocycles. The predicted molar refractivity (Wildman–Crippen MR) is 116 cm³/mol. The van der Waals surface area contributed by atoms with Crippen molar-refractivity contribution < 1.29 is 9.59 Å². The van der Waals surface area contributed by atoms with E-state index in [-0.39, 0.29) is 18.2 Å². The molecule has 6 heteroatoms. The average Bonchev–Trinajstić information content (AvgIpc) is 2.70. The molecule has 0 aromatic heterocycles. The molecule has 3 aromatic carbocycles. The standard InChI is InChI=1S/C23H18Cl2N2O2/c1-15-2-4-16(5-3-15)23(22(29)26-19-10-6-17(24)7-11-19)14-21(28)27(23)20-12-8-18(25)9-13-20/h2-13H,14H2,1H3,(H,26,29). The molecule has 3 aromatic rings. The van der Waals surface area contributed by atoms with Crippen molar-refractivity contribution in [3.63, 3.8) is 0 Å². The van der Waals surface area contributed by atoms with Crippen molar-refractivity contribution in [2.24, 2.45) is 0 Å². The number of aryl methyl sites for hydroxylation is 1. The maximum atomic E-state index is 13.5. The second kappa shape index (κ2) is 7.54. The van der Waals surface area contributed by atoms with Crippen molar-refractivity contribution in [1.29, 1.82) is 0 Å². The first-order chi connectivity index (χ1) is 13.9. The molecule has 1 fully saturated rings. The zero-order chi connectivity index (χ0) is 20.6. The summed E-state index contributed by atoms with van der Waals surface area (Å²) < 4.78 is 0. The Kier molecular flexibility index (Phi) is 5.07. The number of carbonyl (C=O) groups excluding carboxylic acids is 2. The number of carbonyl (C=O) groups is 2. The highest BCUT2D eigenvalue weighted by Crippen LogP contribution is 2.46. The maximum Gasteiger partial charge on any atom is 0.255 e. The molecule has 1 aliphatic heterocycles. The summed E-state index contributed by atoms with van der Waals surface area (Å²) in [6.07, 6.45) is 0.0815. The second-order valence-electron chi connectivity index (χ2n) is 7.07. The Bertz CT molecular complexity index is 1060. The van der Waals surface area contributed by atoms with E-state index in [4.69, 9.17) is 23.2 Å². The Hall–Kier alpha value is -2.82. The van der Waals surface area contributed by atoms with E-state index in [0.29, 0.717) is 21.4 Å².